The highest BCUT2D eigenvalue weighted by Gasteiger charge is 2.21. The van der Waals surface area contributed by atoms with Crippen molar-refractivity contribution in [3.8, 4) is 0 Å². The SMILES string of the molecule is C[C@@H](CO)NC(=O)c1n[nH]c(C(C)(C)C)n1. The van der Waals surface area contributed by atoms with E-state index >= 15 is 0 Å². The maximum Gasteiger partial charge on any atom is 0.291 e. The van der Waals surface area contributed by atoms with Crippen LogP contribution >= 0.6 is 0 Å². The van der Waals surface area contributed by atoms with Crippen LogP contribution in [0.1, 0.15) is 44.1 Å². The van der Waals surface area contributed by atoms with E-state index < -0.39 is 0 Å². The van der Waals surface area contributed by atoms with E-state index in [1.165, 1.54) is 0 Å². The number of aromatic nitrogens is 3. The summed E-state index contributed by atoms with van der Waals surface area (Å²) in [7, 11) is 0. The van der Waals surface area contributed by atoms with Gasteiger partial charge in [-0.25, -0.2) is 4.98 Å². The molecule has 90 valence electrons. The Kier molecular flexibility index (Phi) is 3.64. The second-order valence-corrected chi connectivity index (χ2v) is 4.81. The molecule has 0 aliphatic heterocycles. The number of H-pyrrole nitrogens is 1. The number of aliphatic hydroxyl groups excluding tert-OH is 1. The molecule has 0 saturated heterocycles. The summed E-state index contributed by atoms with van der Waals surface area (Å²) in [6.07, 6.45) is 0. The quantitative estimate of drug-likeness (QED) is 0.687. The van der Waals surface area contributed by atoms with Crippen LogP contribution in [0.2, 0.25) is 0 Å². The average Bonchev–Trinajstić information content (AvgIpc) is 2.65. The van der Waals surface area contributed by atoms with E-state index in [1.807, 2.05) is 20.8 Å². The fraction of sp³-hybridized carbons (Fsp3) is 0.700. The van der Waals surface area contributed by atoms with Crippen LogP contribution in [-0.2, 0) is 5.41 Å². The molecule has 16 heavy (non-hydrogen) atoms. The van der Waals surface area contributed by atoms with Crippen molar-refractivity contribution in [2.24, 2.45) is 0 Å². The zero-order chi connectivity index (χ0) is 12.3. The molecule has 6 heteroatoms. The van der Waals surface area contributed by atoms with Crippen LogP contribution in [0.5, 0.6) is 0 Å². The lowest BCUT2D eigenvalue weighted by atomic mass is 9.96. The first-order valence-corrected chi connectivity index (χ1v) is 5.19. The molecule has 1 atom stereocenters. The van der Waals surface area contributed by atoms with E-state index in [0.29, 0.717) is 5.82 Å². The lowest BCUT2D eigenvalue weighted by molar-refractivity contribution is 0.0912. The molecule has 6 nitrogen and oxygen atoms in total. The Morgan fingerprint density at radius 1 is 1.56 bits per heavy atom. The third-order valence-corrected chi connectivity index (χ3v) is 2.05. The molecule has 3 N–H and O–H groups in total. The number of nitrogens with one attached hydrogen (secondary N) is 2. The molecule has 0 aromatic carbocycles. The maximum atomic E-state index is 11.6. The number of nitrogens with zero attached hydrogens (tertiary/aromatic N) is 2. The smallest absolute Gasteiger partial charge is 0.291 e. The van der Waals surface area contributed by atoms with Crippen molar-refractivity contribution in [2.45, 2.75) is 39.2 Å². The first-order chi connectivity index (χ1) is 7.34. The molecule has 0 unspecified atom stereocenters. The molecule has 0 bridgehead atoms. The van der Waals surface area contributed by atoms with Crippen molar-refractivity contribution in [2.75, 3.05) is 6.61 Å². The molecule has 1 rings (SSSR count). The van der Waals surface area contributed by atoms with Crippen molar-refractivity contribution in [1.82, 2.24) is 20.5 Å². The third kappa shape index (κ3) is 3.03. The monoisotopic (exact) mass is 226 g/mol. The Bertz CT molecular complexity index is 367. The number of hydrogen-bond acceptors (Lipinski definition) is 4. The minimum Gasteiger partial charge on any atom is -0.394 e. The van der Waals surface area contributed by atoms with E-state index in [4.69, 9.17) is 5.11 Å². The van der Waals surface area contributed by atoms with Gasteiger partial charge in [0.05, 0.1) is 6.61 Å². The molecule has 0 aliphatic rings. The van der Waals surface area contributed by atoms with Gasteiger partial charge in [-0.15, -0.1) is 5.10 Å². The van der Waals surface area contributed by atoms with Gasteiger partial charge in [0.2, 0.25) is 5.82 Å². The predicted octanol–water partition coefficient (Wildman–Crippen LogP) is 0.213. The summed E-state index contributed by atoms with van der Waals surface area (Å²) in [4.78, 5) is 15.7. The highest BCUT2D eigenvalue weighted by atomic mass is 16.3. The molecule has 0 saturated carbocycles. The van der Waals surface area contributed by atoms with Gasteiger partial charge < -0.3 is 10.4 Å². The van der Waals surface area contributed by atoms with E-state index in [1.54, 1.807) is 6.92 Å². The number of rotatable bonds is 3. The zero-order valence-electron chi connectivity index (χ0n) is 10.0. The number of carbonyl (C=O) groups excluding carboxylic acids is 1. The van der Waals surface area contributed by atoms with E-state index in [-0.39, 0.29) is 29.8 Å². The fourth-order valence-corrected chi connectivity index (χ4v) is 1.03. The lowest BCUT2D eigenvalue weighted by Gasteiger charge is -2.13. The average molecular weight is 226 g/mol. The van der Waals surface area contributed by atoms with Crippen LogP contribution in [0.25, 0.3) is 0 Å². The van der Waals surface area contributed by atoms with Crippen molar-refractivity contribution in [1.29, 1.82) is 0 Å². The lowest BCUT2D eigenvalue weighted by Crippen LogP contribution is -2.35. The van der Waals surface area contributed by atoms with Gasteiger partial charge in [0.25, 0.3) is 5.91 Å². The van der Waals surface area contributed by atoms with Crippen molar-refractivity contribution in [3.05, 3.63) is 11.6 Å². The molecule has 0 radical (unpaired) electrons. The van der Waals surface area contributed by atoms with Crippen molar-refractivity contribution >= 4 is 5.91 Å². The number of aromatic amines is 1. The second-order valence-electron chi connectivity index (χ2n) is 4.81. The van der Waals surface area contributed by atoms with Gasteiger partial charge in [0, 0.05) is 11.5 Å². The summed E-state index contributed by atoms with van der Waals surface area (Å²) >= 11 is 0. The first-order valence-electron chi connectivity index (χ1n) is 5.19. The van der Waals surface area contributed by atoms with Gasteiger partial charge in [0.15, 0.2) is 0 Å². The van der Waals surface area contributed by atoms with Crippen LogP contribution in [0.4, 0.5) is 0 Å². The molecular weight excluding hydrogens is 208 g/mol. The van der Waals surface area contributed by atoms with Gasteiger partial charge in [-0.3, -0.25) is 9.89 Å². The van der Waals surface area contributed by atoms with Crippen LogP contribution < -0.4 is 5.32 Å². The number of carbonyl (C=O) groups is 1. The van der Waals surface area contributed by atoms with E-state index in [0.717, 1.165) is 0 Å². The Balaban J connectivity index is 2.75. The van der Waals surface area contributed by atoms with Gasteiger partial charge in [0.1, 0.15) is 5.82 Å². The van der Waals surface area contributed by atoms with Crippen LogP contribution in [0.3, 0.4) is 0 Å². The largest absolute Gasteiger partial charge is 0.394 e. The molecule has 1 heterocycles. The summed E-state index contributed by atoms with van der Waals surface area (Å²) in [6, 6.07) is -0.302. The fourth-order valence-electron chi connectivity index (χ4n) is 1.03. The minimum atomic E-state index is -0.381. The van der Waals surface area contributed by atoms with E-state index in [9.17, 15) is 4.79 Å². The Hall–Kier alpha value is -1.43. The Morgan fingerprint density at radius 3 is 2.62 bits per heavy atom. The maximum absolute atomic E-state index is 11.6. The summed E-state index contributed by atoms with van der Waals surface area (Å²) in [5.74, 6) is 0.382. The Morgan fingerprint density at radius 2 is 2.19 bits per heavy atom. The van der Waals surface area contributed by atoms with Gasteiger partial charge >= 0.3 is 0 Å². The highest BCUT2D eigenvalue weighted by Crippen LogP contribution is 2.17. The number of hydrogen-bond donors (Lipinski definition) is 3. The van der Waals surface area contributed by atoms with Gasteiger partial charge in [-0.2, -0.15) is 0 Å². The van der Waals surface area contributed by atoms with Crippen molar-refractivity contribution in [3.63, 3.8) is 0 Å². The molecule has 0 spiro atoms. The van der Waals surface area contributed by atoms with E-state index in [2.05, 4.69) is 20.5 Å². The normalized spacial score (nSPS) is 13.6. The molecular formula is C10H18N4O2. The van der Waals surface area contributed by atoms with Crippen molar-refractivity contribution < 1.29 is 9.90 Å². The van der Waals surface area contributed by atoms with Crippen LogP contribution in [0.15, 0.2) is 0 Å². The number of amides is 1. The zero-order valence-corrected chi connectivity index (χ0v) is 10.0. The Labute approximate surface area is 94.5 Å². The topological polar surface area (TPSA) is 90.9 Å². The minimum absolute atomic E-state index is 0.102. The summed E-state index contributed by atoms with van der Waals surface area (Å²) in [6.45, 7) is 7.53. The first kappa shape index (κ1) is 12.6. The standard InChI is InChI=1S/C10H18N4O2/c1-6(5-15)11-8(16)7-12-9(14-13-7)10(2,3)4/h6,15H,5H2,1-4H3,(H,11,16)(H,12,13,14)/t6-/m0/s1. The summed E-state index contributed by atoms with van der Waals surface area (Å²) in [5.41, 5.74) is -0.172. The summed E-state index contributed by atoms with van der Waals surface area (Å²) < 4.78 is 0. The molecule has 1 aromatic rings. The molecule has 0 aliphatic carbocycles. The van der Waals surface area contributed by atoms with Crippen LogP contribution in [-0.4, -0.2) is 38.8 Å². The van der Waals surface area contributed by atoms with Gasteiger partial charge in [-0.1, -0.05) is 20.8 Å². The van der Waals surface area contributed by atoms with Crippen LogP contribution in [0, 0.1) is 0 Å². The second kappa shape index (κ2) is 4.61. The highest BCUT2D eigenvalue weighted by molar-refractivity contribution is 5.90. The number of aliphatic hydroxyl groups is 1. The molecule has 1 aromatic heterocycles. The molecule has 0 fully saturated rings. The summed E-state index contributed by atoms with van der Waals surface area (Å²) in [5, 5.41) is 18.0. The van der Waals surface area contributed by atoms with Gasteiger partial charge in [-0.05, 0) is 6.92 Å². The third-order valence-electron chi connectivity index (χ3n) is 2.05. The predicted molar refractivity (Wildman–Crippen MR) is 59.1 cm³/mol. The molecule has 1 amide bonds.